The monoisotopic (exact) mass is 228 g/mol. The van der Waals surface area contributed by atoms with Crippen LogP contribution >= 0.6 is 11.6 Å². The Kier molecular flexibility index (Phi) is 3.29. The molecule has 0 amide bonds. The lowest BCUT2D eigenvalue weighted by Crippen LogP contribution is -2.18. The molecule has 0 radical (unpaired) electrons. The van der Waals surface area contributed by atoms with Crippen LogP contribution in [-0.4, -0.2) is 23.0 Å². The van der Waals surface area contributed by atoms with E-state index >= 15 is 0 Å². The molecule has 0 spiro atoms. The molecule has 0 fully saturated rings. The van der Waals surface area contributed by atoms with Crippen LogP contribution in [0, 0.1) is 0 Å². The summed E-state index contributed by atoms with van der Waals surface area (Å²) >= 11 is 5.80. The number of methoxy groups -OCH3 is 1. The van der Waals surface area contributed by atoms with Crippen molar-refractivity contribution in [3.05, 3.63) is 22.7 Å². The average molecular weight is 229 g/mol. The summed E-state index contributed by atoms with van der Waals surface area (Å²) in [5.41, 5.74) is -0.0735. The fraction of sp³-hybridized carbons (Fsp3) is 0.500. The second-order valence-electron chi connectivity index (χ2n) is 4.14. The number of ether oxygens (including phenoxy) is 1. The molecular formula is C10H13ClN2O2. The number of hydrogen-bond acceptors (Lipinski definition) is 4. The molecule has 0 aliphatic heterocycles. The third-order valence-corrected chi connectivity index (χ3v) is 1.95. The van der Waals surface area contributed by atoms with Gasteiger partial charge in [0.05, 0.1) is 7.11 Å². The third-order valence-electron chi connectivity index (χ3n) is 1.76. The van der Waals surface area contributed by atoms with Gasteiger partial charge in [-0.25, -0.2) is 14.8 Å². The molecule has 5 heteroatoms. The van der Waals surface area contributed by atoms with E-state index in [-0.39, 0.29) is 16.3 Å². The van der Waals surface area contributed by atoms with Crippen LogP contribution in [0.3, 0.4) is 0 Å². The first-order valence-electron chi connectivity index (χ1n) is 4.48. The van der Waals surface area contributed by atoms with Gasteiger partial charge in [-0.1, -0.05) is 32.4 Å². The Morgan fingerprint density at radius 1 is 1.40 bits per heavy atom. The van der Waals surface area contributed by atoms with E-state index in [1.54, 1.807) is 0 Å². The summed E-state index contributed by atoms with van der Waals surface area (Å²) in [6.07, 6.45) is 0. The van der Waals surface area contributed by atoms with Gasteiger partial charge >= 0.3 is 5.97 Å². The summed E-state index contributed by atoms with van der Waals surface area (Å²) in [6, 6.07) is 1.39. The van der Waals surface area contributed by atoms with Crippen LogP contribution < -0.4 is 0 Å². The minimum atomic E-state index is -0.509. The number of halogens is 1. The Balaban J connectivity index is 3.23. The van der Waals surface area contributed by atoms with E-state index in [0.717, 1.165) is 0 Å². The fourth-order valence-corrected chi connectivity index (χ4v) is 1.15. The summed E-state index contributed by atoms with van der Waals surface area (Å²) in [7, 11) is 1.30. The largest absolute Gasteiger partial charge is 0.464 e. The van der Waals surface area contributed by atoms with Crippen LogP contribution in [0.4, 0.5) is 0 Å². The van der Waals surface area contributed by atoms with Gasteiger partial charge in [0, 0.05) is 11.5 Å². The maximum Gasteiger partial charge on any atom is 0.356 e. The van der Waals surface area contributed by atoms with Crippen molar-refractivity contribution in [1.29, 1.82) is 0 Å². The van der Waals surface area contributed by atoms with E-state index in [4.69, 9.17) is 11.6 Å². The Morgan fingerprint density at radius 3 is 2.47 bits per heavy atom. The molecule has 0 saturated heterocycles. The van der Waals surface area contributed by atoms with E-state index < -0.39 is 5.97 Å². The lowest BCUT2D eigenvalue weighted by molar-refractivity contribution is 0.0593. The molecule has 15 heavy (non-hydrogen) atoms. The highest BCUT2D eigenvalue weighted by molar-refractivity contribution is 6.29. The van der Waals surface area contributed by atoms with Crippen LogP contribution in [0.1, 0.15) is 37.1 Å². The summed E-state index contributed by atoms with van der Waals surface area (Å²) < 4.78 is 4.57. The highest BCUT2D eigenvalue weighted by Gasteiger charge is 2.20. The van der Waals surface area contributed by atoms with E-state index in [1.807, 2.05) is 20.8 Å². The van der Waals surface area contributed by atoms with Crippen molar-refractivity contribution in [3.8, 4) is 0 Å². The molecule has 0 aliphatic rings. The van der Waals surface area contributed by atoms with Crippen LogP contribution in [0.5, 0.6) is 0 Å². The first-order valence-corrected chi connectivity index (χ1v) is 4.86. The fourth-order valence-electron chi connectivity index (χ4n) is 0.962. The van der Waals surface area contributed by atoms with Crippen molar-refractivity contribution in [2.75, 3.05) is 7.11 Å². The molecule has 0 saturated carbocycles. The van der Waals surface area contributed by atoms with Crippen molar-refractivity contribution in [2.45, 2.75) is 26.2 Å². The van der Waals surface area contributed by atoms with Crippen molar-refractivity contribution in [2.24, 2.45) is 0 Å². The smallest absolute Gasteiger partial charge is 0.356 e. The molecule has 1 aromatic rings. The van der Waals surface area contributed by atoms with Crippen molar-refractivity contribution < 1.29 is 9.53 Å². The molecule has 0 aromatic carbocycles. The number of hydrogen-bond donors (Lipinski definition) is 0. The van der Waals surface area contributed by atoms with Gasteiger partial charge < -0.3 is 4.74 Å². The Bertz CT molecular complexity index is 385. The van der Waals surface area contributed by atoms with E-state index in [1.165, 1.54) is 13.2 Å². The molecule has 0 unspecified atom stereocenters. The van der Waals surface area contributed by atoms with Gasteiger partial charge in [0.2, 0.25) is 0 Å². The third kappa shape index (κ3) is 2.89. The van der Waals surface area contributed by atoms with E-state index in [2.05, 4.69) is 14.7 Å². The number of carbonyl (C=O) groups is 1. The Morgan fingerprint density at radius 2 is 2.00 bits per heavy atom. The number of nitrogens with zero attached hydrogens (tertiary/aromatic N) is 2. The maximum atomic E-state index is 11.3. The first kappa shape index (κ1) is 11.9. The van der Waals surface area contributed by atoms with E-state index in [9.17, 15) is 4.79 Å². The minimum absolute atomic E-state index is 0.183. The molecule has 4 nitrogen and oxygen atoms in total. The molecule has 82 valence electrons. The van der Waals surface area contributed by atoms with Gasteiger partial charge in [0.1, 0.15) is 11.0 Å². The SMILES string of the molecule is COC(=O)c1cc(Cl)nc(C(C)(C)C)n1. The summed E-state index contributed by atoms with van der Waals surface area (Å²) in [5.74, 6) is 0.0141. The zero-order valence-corrected chi connectivity index (χ0v) is 9.92. The highest BCUT2D eigenvalue weighted by Crippen LogP contribution is 2.20. The summed E-state index contributed by atoms with van der Waals surface area (Å²) in [6.45, 7) is 5.83. The zero-order chi connectivity index (χ0) is 11.6. The van der Waals surface area contributed by atoms with Crippen LogP contribution in [-0.2, 0) is 10.2 Å². The van der Waals surface area contributed by atoms with Gasteiger partial charge in [0.15, 0.2) is 5.69 Å². The number of carbonyl (C=O) groups excluding carboxylic acids is 1. The lowest BCUT2D eigenvalue weighted by Gasteiger charge is -2.16. The summed E-state index contributed by atoms with van der Waals surface area (Å²) in [5, 5.41) is 0.246. The topological polar surface area (TPSA) is 52.1 Å². The molecule has 1 aromatic heterocycles. The predicted octanol–water partition coefficient (Wildman–Crippen LogP) is 2.21. The Hall–Kier alpha value is -1.16. The van der Waals surface area contributed by atoms with Crippen molar-refractivity contribution >= 4 is 17.6 Å². The molecule has 0 aliphatic carbocycles. The molecular weight excluding hydrogens is 216 g/mol. The van der Waals surface area contributed by atoms with Gasteiger partial charge in [-0.3, -0.25) is 0 Å². The van der Waals surface area contributed by atoms with Crippen LogP contribution in [0.2, 0.25) is 5.15 Å². The molecule has 0 bridgehead atoms. The van der Waals surface area contributed by atoms with Gasteiger partial charge in [-0.05, 0) is 0 Å². The molecule has 1 rings (SSSR count). The zero-order valence-electron chi connectivity index (χ0n) is 9.17. The number of esters is 1. The number of rotatable bonds is 1. The maximum absolute atomic E-state index is 11.3. The lowest BCUT2D eigenvalue weighted by atomic mass is 9.96. The summed E-state index contributed by atoms with van der Waals surface area (Å²) in [4.78, 5) is 19.4. The van der Waals surface area contributed by atoms with Gasteiger partial charge in [0.25, 0.3) is 0 Å². The molecule has 0 N–H and O–H groups in total. The first-order chi connectivity index (χ1) is 6.84. The second kappa shape index (κ2) is 4.14. The van der Waals surface area contributed by atoms with E-state index in [0.29, 0.717) is 5.82 Å². The highest BCUT2D eigenvalue weighted by atomic mass is 35.5. The van der Waals surface area contributed by atoms with Gasteiger partial charge in [-0.2, -0.15) is 0 Å². The van der Waals surface area contributed by atoms with Gasteiger partial charge in [-0.15, -0.1) is 0 Å². The quantitative estimate of drug-likeness (QED) is 0.546. The predicted molar refractivity (Wildman–Crippen MR) is 57.1 cm³/mol. The molecule has 0 atom stereocenters. The van der Waals surface area contributed by atoms with Crippen molar-refractivity contribution in [3.63, 3.8) is 0 Å². The molecule has 1 heterocycles. The number of aromatic nitrogens is 2. The van der Waals surface area contributed by atoms with Crippen LogP contribution in [0.15, 0.2) is 6.07 Å². The normalized spacial score (nSPS) is 11.3. The minimum Gasteiger partial charge on any atom is -0.464 e. The van der Waals surface area contributed by atoms with Crippen LogP contribution in [0.25, 0.3) is 0 Å². The second-order valence-corrected chi connectivity index (χ2v) is 4.53. The Labute approximate surface area is 93.6 Å². The average Bonchev–Trinajstić information content (AvgIpc) is 2.14. The van der Waals surface area contributed by atoms with Crippen molar-refractivity contribution in [1.82, 2.24) is 9.97 Å². The standard InChI is InChI=1S/C10H13ClN2O2/c1-10(2,3)9-12-6(8(14)15-4)5-7(11)13-9/h5H,1-4H3.